The summed E-state index contributed by atoms with van der Waals surface area (Å²) in [6.07, 6.45) is -0.309. The Morgan fingerprint density at radius 1 is 1.04 bits per heavy atom. The van der Waals surface area contributed by atoms with Crippen molar-refractivity contribution in [2.45, 2.75) is 50.6 Å². The SMILES string of the molecule is CC1(C)CN(C(=O)[C@@H](O)[C@H](Cc2ccccc2)NC(=O)COc2cccc(N3CCOCC3)c2)CS1.Cc1ccccc1CNC=O. The first-order valence-corrected chi connectivity index (χ1v) is 16.8. The minimum atomic E-state index is -1.35. The number of hydrogen-bond donors (Lipinski definition) is 3. The maximum Gasteiger partial charge on any atom is 0.258 e. The van der Waals surface area contributed by atoms with Crippen LogP contribution in [0.5, 0.6) is 5.75 Å². The Hall–Kier alpha value is -4.06. The molecule has 3 amide bonds. The Morgan fingerprint density at radius 2 is 1.77 bits per heavy atom. The minimum absolute atomic E-state index is 0.0584. The van der Waals surface area contributed by atoms with Gasteiger partial charge in [-0.05, 0) is 56.0 Å². The first kappa shape index (κ1) is 35.8. The average molecular weight is 663 g/mol. The van der Waals surface area contributed by atoms with Gasteiger partial charge < -0.3 is 35.0 Å². The molecule has 47 heavy (non-hydrogen) atoms. The van der Waals surface area contributed by atoms with Gasteiger partial charge in [0, 0.05) is 42.7 Å². The number of aliphatic hydroxyl groups is 1. The summed E-state index contributed by atoms with van der Waals surface area (Å²) in [7, 11) is 0. The summed E-state index contributed by atoms with van der Waals surface area (Å²) in [6, 6.07) is 24.4. The van der Waals surface area contributed by atoms with Crippen molar-refractivity contribution in [1.29, 1.82) is 0 Å². The van der Waals surface area contributed by atoms with Crippen molar-refractivity contribution in [3.63, 3.8) is 0 Å². The summed E-state index contributed by atoms with van der Waals surface area (Å²) in [5.41, 5.74) is 4.32. The average Bonchev–Trinajstić information content (AvgIpc) is 3.46. The number of anilines is 1. The number of nitrogens with one attached hydrogen (secondary N) is 2. The molecule has 3 aromatic rings. The van der Waals surface area contributed by atoms with E-state index in [1.165, 1.54) is 11.1 Å². The van der Waals surface area contributed by atoms with Gasteiger partial charge in [-0.3, -0.25) is 14.4 Å². The van der Waals surface area contributed by atoms with Crippen LogP contribution in [-0.4, -0.2) is 90.5 Å². The van der Waals surface area contributed by atoms with Gasteiger partial charge >= 0.3 is 0 Å². The molecule has 2 aliphatic heterocycles. The van der Waals surface area contributed by atoms with Gasteiger partial charge in [0.15, 0.2) is 12.7 Å². The molecule has 0 aromatic heterocycles. The van der Waals surface area contributed by atoms with Crippen molar-refractivity contribution in [3.05, 3.63) is 95.6 Å². The molecule has 0 aliphatic carbocycles. The topological polar surface area (TPSA) is 120 Å². The molecule has 11 heteroatoms. The molecule has 252 valence electrons. The summed E-state index contributed by atoms with van der Waals surface area (Å²) < 4.78 is 11.1. The highest BCUT2D eigenvalue weighted by Gasteiger charge is 2.38. The van der Waals surface area contributed by atoms with E-state index in [4.69, 9.17) is 9.47 Å². The molecule has 2 atom stereocenters. The number of carbonyl (C=O) groups is 3. The number of benzene rings is 3. The van der Waals surface area contributed by atoms with Crippen LogP contribution in [0.3, 0.4) is 0 Å². The van der Waals surface area contributed by atoms with Crippen molar-refractivity contribution in [2.24, 2.45) is 0 Å². The van der Waals surface area contributed by atoms with E-state index in [-0.39, 0.29) is 17.3 Å². The number of carbonyl (C=O) groups excluding carboxylic acids is 3. The number of ether oxygens (including phenoxy) is 2. The summed E-state index contributed by atoms with van der Waals surface area (Å²) in [5, 5.41) is 16.5. The Bertz CT molecular complexity index is 1450. The van der Waals surface area contributed by atoms with Gasteiger partial charge in [-0.2, -0.15) is 0 Å². The molecule has 10 nitrogen and oxygen atoms in total. The van der Waals surface area contributed by atoms with Crippen LogP contribution in [0, 0.1) is 6.92 Å². The number of hydrogen-bond acceptors (Lipinski definition) is 8. The summed E-state index contributed by atoms with van der Waals surface area (Å²) in [6.45, 7) is 10.1. The normalized spacial score (nSPS) is 16.7. The third kappa shape index (κ3) is 11.3. The Balaban J connectivity index is 0.000000385. The lowest BCUT2D eigenvalue weighted by Crippen LogP contribution is -2.53. The first-order valence-electron chi connectivity index (χ1n) is 15.9. The minimum Gasteiger partial charge on any atom is -0.484 e. The molecule has 2 fully saturated rings. The van der Waals surface area contributed by atoms with E-state index in [1.54, 1.807) is 16.7 Å². The molecule has 3 N–H and O–H groups in total. The van der Waals surface area contributed by atoms with E-state index >= 15 is 0 Å². The molecule has 0 radical (unpaired) electrons. The molecule has 2 heterocycles. The lowest BCUT2D eigenvalue weighted by atomic mass is 10.00. The third-order valence-corrected chi connectivity index (χ3v) is 9.33. The molecular weight excluding hydrogens is 616 g/mol. The predicted octanol–water partition coefficient (Wildman–Crippen LogP) is 3.54. The number of thioether (sulfide) groups is 1. The van der Waals surface area contributed by atoms with Crippen molar-refractivity contribution < 1.29 is 29.0 Å². The third-order valence-electron chi connectivity index (χ3n) is 7.97. The Morgan fingerprint density at radius 3 is 2.45 bits per heavy atom. The van der Waals surface area contributed by atoms with Crippen LogP contribution in [0.1, 0.15) is 30.5 Å². The number of nitrogens with zero attached hydrogens (tertiary/aromatic N) is 2. The molecule has 0 saturated carbocycles. The summed E-state index contributed by atoms with van der Waals surface area (Å²) >= 11 is 1.68. The maximum atomic E-state index is 13.1. The van der Waals surface area contributed by atoms with Crippen LogP contribution >= 0.6 is 11.8 Å². The molecule has 0 bridgehead atoms. The van der Waals surface area contributed by atoms with E-state index in [2.05, 4.69) is 29.4 Å². The lowest BCUT2D eigenvalue weighted by Gasteiger charge is -2.29. The second kappa shape index (κ2) is 17.7. The fourth-order valence-corrected chi connectivity index (χ4v) is 6.33. The summed E-state index contributed by atoms with van der Waals surface area (Å²) in [5.74, 6) is 0.350. The van der Waals surface area contributed by atoms with Gasteiger partial charge in [-0.25, -0.2) is 0 Å². The highest BCUT2D eigenvalue weighted by molar-refractivity contribution is 8.00. The number of morpholine rings is 1. The van der Waals surface area contributed by atoms with Crippen molar-refractivity contribution in [1.82, 2.24) is 15.5 Å². The van der Waals surface area contributed by atoms with E-state index in [0.29, 0.717) is 50.8 Å². The maximum absolute atomic E-state index is 13.1. The monoisotopic (exact) mass is 662 g/mol. The first-order chi connectivity index (χ1) is 22.6. The predicted molar refractivity (Wildman–Crippen MR) is 185 cm³/mol. The molecule has 5 rings (SSSR count). The van der Waals surface area contributed by atoms with E-state index in [9.17, 15) is 19.5 Å². The Labute approximate surface area is 281 Å². The molecule has 0 spiro atoms. The number of aryl methyl sites for hydroxylation is 1. The molecular formula is C36H46N4O6S. The number of aliphatic hydroxyl groups excluding tert-OH is 1. The van der Waals surface area contributed by atoms with Gasteiger partial charge in [0.2, 0.25) is 6.41 Å². The smallest absolute Gasteiger partial charge is 0.258 e. The zero-order valence-electron chi connectivity index (χ0n) is 27.4. The van der Waals surface area contributed by atoms with Gasteiger partial charge in [0.05, 0.1) is 25.1 Å². The zero-order valence-corrected chi connectivity index (χ0v) is 28.2. The fourth-order valence-electron chi connectivity index (χ4n) is 5.36. The quantitative estimate of drug-likeness (QED) is 0.252. The van der Waals surface area contributed by atoms with E-state index in [0.717, 1.165) is 24.3 Å². The van der Waals surface area contributed by atoms with Crippen LogP contribution in [0.15, 0.2) is 78.9 Å². The second-order valence-corrected chi connectivity index (χ2v) is 13.8. The second-order valence-electron chi connectivity index (χ2n) is 12.2. The van der Waals surface area contributed by atoms with Gasteiger partial charge in [-0.15, -0.1) is 11.8 Å². The zero-order chi connectivity index (χ0) is 33.6. The van der Waals surface area contributed by atoms with Gasteiger partial charge in [-0.1, -0.05) is 60.7 Å². The van der Waals surface area contributed by atoms with Crippen molar-refractivity contribution >= 4 is 35.7 Å². The van der Waals surface area contributed by atoms with Gasteiger partial charge in [0.1, 0.15) is 5.75 Å². The molecule has 2 aliphatic rings. The molecule has 2 saturated heterocycles. The highest BCUT2D eigenvalue weighted by Crippen LogP contribution is 2.33. The molecule has 3 aromatic carbocycles. The standard InChI is InChI=1S/C27H35N3O5S.C9H11NO/c1-27(2)18-30(19-36-27)26(33)25(32)23(15-20-7-4-3-5-8-20)28-24(31)17-35-22-10-6-9-21(16-22)29-11-13-34-14-12-29;1-8-4-2-3-5-9(8)6-10-7-11/h3-10,16,23,25,32H,11-15,17-19H2,1-2H3,(H,28,31);2-5,7H,6H2,1H3,(H,10,11)/t23-,25-;/m0./s1. The van der Waals surface area contributed by atoms with Crippen molar-refractivity contribution in [2.75, 3.05) is 50.2 Å². The van der Waals surface area contributed by atoms with Crippen LogP contribution in [0.2, 0.25) is 0 Å². The van der Waals surface area contributed by atoms with Crippen LogP contribution < -0.4 is 20.3 Å². The van der Waals surface area contributed by atoms with Crippen LogP contribution in [-0.2, 0) is 32.1 Å². The summed E-state index contributed by atoms with van der Waals surface area (Å²) in [4.78, 5) is 39.8. The number of rotatable bonds is 12. The van der Waals surface area contributed by atoms with E-state index in [1.807, 2.05) is 85.8 Å². The van der Waals surface area contributed by atoms with Gasteiger partial charge in [0.25, 0.3) is 11.8 Å². The molecule has 0 unspecified atom stereocenters. The van der Waals surface area contributed by atoms with Crippen molar-refractivity contribution in [3.8, 4) is 5.75 Å². The lowest BCUT2D eigenvalue weighted by molar-refractivity contribution is -0.141. The highest BCUT2D eigenvalue weighted by atomic mass is 32.2. The fraction of sp³-hybridized carbons (Fsp3) is 0.417. The van der Waals surface area contributed by atoms with E-state index < -0.39 is 18.1 Å². The largest absolute Gasteiger partial charge is 0.484 e. The van der Waals surface area contributed by atoms with Crippen LogP contribution in [0.25, 0.3) is 0 Å². The number of amides is 3. The van der Waals surface area contributed by atoms with Crippen LogP contribution in [0.4, 0.5) is 5.69 Å². The Kier molecular flexibility index (Phi) is 13.5.